The molecular weight excluding hydrogens is 274 g/mol. The number of H-pyrrole nitrogens is 1. The van der Waals surface area contributed by atoms with Crippen molar-refractivity contribution in [3.8, 4) is 0 Å². The van der Waals surface area contributed by atoms with Crippen molar-refractivity contribution >= 4 is 17.0 Å². The van der Waals surface area contributed by atoms with Crippen LogP contribution >= 0.6 is 0 Å². The van der Waals surface area contributed by atoms with Gasteiger partial charge in [0.2, 0.25) is 0 Å². The summed E-state index contributed by atoms with van der Waals surface area (Å²) in [6.45, 7) is 6.58. The largest absolute Gasteiger partial charge is 0.361 e. The van der Waals surface area contributed by atoms with E-state index in [2.05, 4.69) is 70.3 Å². The average molecular weight is 295 g/mol. The molecule has 1 atom stereocenters. The normalized spacial score (nSPS) is 12.7. The van der Waals surface area contributed by atoms with Crippen molar-refractivity contribution in [1.82, 2.24) is 19.9 Å². The number of fused-ring (bicyclic) bond motifs is 1. The lowest BCUT2D eigenvalue weighted by Gasteiger charge is -2.23. The van der Waals surface area contributed by atoms with Crippen molar-refractivity contribution in [2.24, 2.45) is 5.92 Å². The number of aryl methyl sites for hydroxylation is 1. The molecule has 2 heterocycles. The lowest BCUT2D eigenvalue weighted by molar-refractivity contribution is 0.545. The minimum Gasteiger partial charge on any atom is -0.361 e. The Kier molecular flexibility index (Phi) is 4.04. The molecule has 0 aliphatic carbocycles. The Hall–Kier alpha value is -2.43. The fourth-order valence-electron chi connectivity index (χ4n) is 2.62. The predicted octanol–water partition coefficient (Wildman–Crippen LogP) is 3.72. The summed E-state index contributed by atoms with van der Waals surface area (Å²) in [5, 5.41) is 3.54. The second-order valence-electron chi connectivity index (χ2n) is 5.78. The molecule has 0 saturated heterocycles. The quantitative estimate of drug-likeness (QED) is 0.752. The number of hydrogen-bond acceptors (Lipinski definition) is 4. The molecule has 114 valence electrons. The third-order valence-electron chi connectivity index (χ3n) is 3.93. The van der Waals surface area contributed by atoms with E-state index in [1.54, 1.807) is 12.7 Å². The maximum absolute atomic E-state index is 4.37. The Bertz CT molecular complexity index is 745. The van der Waals surface area contributed by atoms with Crippen molar-refractivity contribution in [3.05, 3.63) is 48.0 Å². The first kappa shape index (κ1) is 14.5. The topological polar surface area (TPSA) is 66.5 Å². The summed E-state index contributed by atoms with van der Waals surface area (Å²) in [6, 6.07) is 8.97. The SMILES string of the molecule is CCc1ccc(C(Nc2ncnc3nc[nH]c23)C(C)C)cc1. The van der Waals surface area contributed by atoms with E-state index < -0.39 is 0 Å². The Labute approximate surface area is 130 Å². The van der Waals surface area contributed by atoms with Crippen LogP contribution in [-0.4, -0.2) is 19.9 Å². The van der Waals surface area contributed by atoms with E-state index in [-0.39, 0.29) is 6.04 Å². The molecule has 5 heteroatoms. The minimum absolute atomic E-state index is 0.187. The van der Waals surface area contributed by atoms with Crippen LogP contribution in [0.2, 0.25) is 0 Å². The minimum atomic E-state index is 0.187. The second-order valence-corrected chi connectivity index (χ2v) is 5.78. The van der Waals surface area contributed by atoms with Crippen LogP contribution in [-0.2, 0) is 6.42 Å². The number of imidazole rings is 1. The monoisotopic (exact) mass is 295 g/mol. The lowest BCUT2D eigenvalue weighted by Crippen LogP contribution is -2.18. The van der Waals surface area contributed by atoms with Crippen LogP contribution in [0.5, 0.6) is 0 Å². The molecule has 0 aliphatic heterocycles. The molecule has 0 amide bonds. The lowest BCUT2D eigenvalue weighted by atomic mass is 9.95. The molecule has 2 N–H and O–H groups in total. The smallest absolute Gasteiger partial charge is 0.182 e. The van der Waals surface area contributed by atoms with E-state index in [1.807, 2.05) is 0 Å². The molecule has 0 spiro atoms. The van der Waals surface area contributed by atoms with Gasteiger partial charge in [-0.3, -0.25) is 0 Å². The average Bonchev–Trinajstić information content (AvgIpc) is 3.02. The van der Waals surface area contributed by atoms with Gasteiger partial charge in [0.05, 0.1) is 12.4 Å². The molecule has 0 saturated carbocycles. The third kappa shape index (κ3) is 2.79. The van der Waals surface area contributed by atoms with Crippen LogP contribution in [0.4, 0.5) is 5.82 Å². The summed E-state index contributed by atoms with van der Waals surface area (Å²) >= 11 is 0. The molecule has 0 bridgehead atoms. The highest BCUT2D eigenvalue weighted by molar-refractivity contribution is 5.82. The molecule has 0 aliphatic rings. The van der Waals surface area contributed by atoms with E-state index in [9.17, 15) is 0 Å². The molecule has 3 aromatic rings. The summed E-state index contributed by atoms with van der Waals surface area (Å²) < 4.78 is 0. The highest BCUT2D eigenvalue weighted by Crippen LogP contribution is 2.28. The van der Waals surface area contributed by atoms with Gasteiger partial charge in [0.15, 0.2) is 11.5 Å². The van der Waals surface area contributed by atoms with Crippen LogP contribution < -0.4 is 5.32 Å². The molecule has 2 aromatic heterocycles. The van der Waals surface area contributed by atoms with Crippen molar-refractivity contribution in [3.63, 3.8) is 0 Å². The van der Waals surface area contributed by atoms with Gasteiger partial charge in [-0.25, -0.2) is 15.0 Å². The Balaban J connectivity index is 1.92. The highest BCUT2D eigenvalue weighted by atomic mass is 15.1. The van der Waals surface area contributed by atoms with Crippen LogP contribution in [0.3, 0.4) is 0 Å². The molecule has 0 fully saturated rings. The van der Waals surface area contributed by atoms with Crippen molar-refractivity contribution in [1.29, 1.82) is 0 Å². The summed E-state index contributed by atoms with van der Waals surface area (Å²) in [7, 11) is 0. The first-order valence-corrected chi connectivity index (χ1v) is 7.68. The molecule has 1 unspecified atom stereocenters. The van der Waals surface area contributed by atoms with Gasteiger partial charge in [0.25, 0.3) is 0 Å². The van der Waals surface area contributed by atoms with Gasteiger partial charge in [-0.1, -0.05) is 45.0 Å². The molecule has 5 nitrogen and oxygen atoms in total. The van der Waals surface area contributed by atoms with Gasteiger partial charge in [0.1, 0.15) is 11.8 Å². The molecule has 3 rings (SSSR count). The second kappa shape index (κ2) is 6.13. The van der Waals surface area contributed by atoms with Crippen LogP contribution in [0.15, 0.2) is 36.9 Å². The fraction of sp³-hybridized carbons (Fsp3) is 0.353. The zero-order valence-corrected chi connectivity index (χ0v) is 13.2. The molecule has 1 aromatic carbocycles. The van der Waals surface area contributed by atoms with Crippen molar-refractivity contribution < 1.29 is 0 Å². The third-order valence-corrected chi connectivity index (χ3v) is 3.93. The number of benzene rings is 1. The summed E-state index contributed by atoms with van der Waals surface area (Å²) in [5.74, 6) is 1.22. The van der Waals surface area contributed by atoms with E-state index in [0.717, 1.165) is 17.8 Å². The van der Waals surface area contributed by atoms with E-state index in [4.69, 9.17) is 0 Å². The number of anilines is 1. The van der Waals surface area contributed by atoms with Gasteiger partial charge < -0.3 is 10.3 Å². The summed E-state index contributed by atoms with van der Waals surface area (Å²) in [6.07, 6.45) is 4.24. The number of hydrogen-bond donors (Lipinski definition) is 2. The Morgan fingerprint density at radius 1 is 1.09 bits per heavy atom. The van der Waals surface area contributed by atoms with E-state index in [0.29, 0.717) is 11.6 Å². The number of aromatic amines is 1. The fourth-order valence-corrected chi connectivity index (χ4v) is 2.62. The van der Waals surface area contributed by atoms with Crippen molar-refractivity contribution in [2.75, 3.05) is 5.32 Å². The Morgan fingerprint density at radius 2 is 1.86 bits per heavy atom. The van der Waals surface area contributed by atoms with E-state index in [1.165, 1.54) is 11.1 Å². The zero-order valence-electron chi connectivity index (χ0n) is 13.2. The van der Waals surface area contributed by atoms with Crippen LogP contribution in [0, 0.1) is 5.92 Å². The zero-order chi connectivity index (χ0) is 15.5. The highest BCUT2D eigenvalue weighted by Gasteiger charge is 2.18. The molecule has 0 radical (unpaired) electrons. The van der Waals surface area contributed by atoms with E-state index >= 15 is 0 Å². The van der Waals surface area contributed by atoms with Gasteiger partial charge in [0, 0.05) is 0 Å². The number of rotatable bonds is 5. The summed E-state index contributed by atoms with van der Waals surface area (Å²) in [4.78, 5) is 15.8. The van der Waals surface area contributed by atoms with Crippen LogP contribution in [0.25, 0.3) is 11.2 Å². The van der Waals surface area contributed by atoms with Gasteiger partial charge in [-0.05, 0) is 23.5 Å². The van der Waals surface area contributed by atoms with Crippen molar-refractivity contribution in [2.45, 2.75) is 33.2 Å². The molecule has 22 heavy (non-hydrogen) atoms. The maximum atomic E-state index is 4.37. The predicted molar refractivity (Wildman–Crippen MR) is 88.7 cm³/mol. The maximum Gasteiger partial charge on any atom is 0.182 e. The van der Waals surface area contributed by atoms with Crippen LogP contribution in [0.1, 0.15) is 37.9 Å². The molecular formula is C17H21N5. The Morgan fingerprint density at radius 3 is 2.55 bits per heavy atom. The number of aromatic nitrogens is 4. The number of nitrogens with zero attached hydrogens (tertiary/aromatic N) is 3. The van der Waals surface area contributed by atoms with Gasteiger partial charge in [-0.2, -0.15) is 0 Å². The van der Waals surface area contributed by atoms with Gasteiger partial charge >= 0.3 is 0 Å². The first-order valence-electron chi connectivity index (χ1n) is 7.68. The summed E-state index contributed by atoms with van der Waals surface area (Å²) in [5.41, 5.74) is 4.14. The number of nitrogens with one attached hydrogen (secondary N) is 2. The van der Waals surface area contributed by atoms with Gasteiger partial charge in [-0.15, -0.1) is 0 Å². The first-order chi connectivity index (χ1) is 10.7. The standard InChI is InChI=1S/C17H21N5/c1-4-12-5-7-13(8-6-12)14(11(2)3)22-17-15-16(19-9-18-15)20-10-21-17/h5-11,14H,4H2,1-3H3,(H2,18,19,20,21,22).